The number of carbonyl (C=O) groups is 1. The van der Waals surface area contributed by atoms with E-state index >= 15 is 0 Å². The Balaban J connectivity index is 1.67. The molecule has 3 rings (SSSR count). The van der Waals surface area contributed by atoms with Crippen molar-refractivity contribution in [2.45, 2.75) is 25.1 Å². The summed E-state index contributed by atoms with van der Waals surface area (Å²) in [5, 5.41) is 26.2. The maximum atomic E-state index is 12.8. The molecule has 0 fully saturated rings. The molecule has 0 aliphatic heterocycles. The van der Waals surface area contributed by atoms with Crippen LogP contribution in [0.4, 0.5) is 0 Å². The Hall–Kier alpha value is -3.66. The van der Waals surface area contributed by atoms with Gasteiger partial charge < -0.3 is 20.5 Å². The van der Waals surface area contributed by atoms with Crippen LogP contribution < -0.4 is 15.4 Å². The van der Waals surface area contributed by atoms with Crippen molar-refractivity contribution in [3.05, 3.63) is 101 Å². The number of nitrogens with zero attached hydrogens (tertiary/aromatic N) is 1. The molecule has 0 unspecified atom stereocenters. The molecule has 0 heterocycles. The van der Waals surface area contributed by atoms with Crippen LogP contribution in [0.1, 0.15) is 27.0 Å². The van der Waals surface area contributed by atoms with Crippen molar-refractivity contribution in [2.24, 2.45) is 0 Å². The summed E-state index contributed by atoms with van der Waals surface area (Å²) >= 11 is 0. The van der Waals surface area contributed by atoms with E-state index in [-0.39, 0.29) is 5.91 Å². The van der Waals surface area contributed by atoms with Crippen molar-refractivity contribution in [2.75, 3.05) is 13.7 Å². The molecular weight excluding hydrogens is 402 g/mol. The topological polar surface area (TPSA) is 94.4 Å². The molecule has 3 aromatic rings. The lowest BCUT2D eigenvalue weighted by atomic mass is 10.00. The van der Waals surface area contributed by atoms with E-state index in [4.69, 9.17) is 10.00 Å². The van der Waals surface area contributed by atoms with Crippen LogP contribution in [0.15, 0.2) is 78.9 Å². The summed E-state index contributed by atoms with van der Waals surface area (Å²) < 4.78 is 5.24. The minimum atomic E-state index is -0.816. The highest BCUT2D eigenvalue weighted by atomic mass is 16.5. The van der Waals surface area contributed by atoms with Gasteiger partial charge >= 0.3 is 0 Å². The first-order chi connectivity index (χ1) is 15.6. The molecule has 0 saturated carbocycles. The second kappa shape index (κ2) is 11.7. The van der Waals surface area contributed by atoms with Gasteiger partial charge in [0, 0.05) is 18.7 Å². The number of amides is 1. The molecule has 0 bridgehead atoms. The largest absolute Gasteiger partial charge is 0.497 e. The normalized spacial score (nSPS) is 12.4. The predicted molar refractivity (Wildman–Crippen MR) is 123 cm³/mol. The molecule has 0 aliphatic carbocycles. The maximum Gasteiger partial charge on any atom is 0.251 e. The number of rotatable bonds is 10. The zero-order valence-corrected chi connectivity index (χ0v) is 18.0. The number of hydrogen-bond acceptors (Lipinski definition) is 5. The number of nitriles is 1. The van der Waals surface area contributed by atoms with Crippen LogP contribution >= 0.6 is 0 Å². The van der Waals surface area contributed by atoms with Crippen LogP contribution in [-0.4, -0.2) is 36.8 Å². The predicted octanol–water partition coefficient (Wildman–Crippen LogP) is 3.06. The van der Waals surface area contributed by atoms with E-state index in [2.05, 4.69) is 10.6 Å². The van der Waals surface area contributed by atoms with E-state index in [0.717, 1.165) is 16.9 Å². The van der Waals surface area contributed by atoms with Crippen molar-refractivity contribution in [3.63, 3.8) is 0 Å². The maximum absolute atomic E-state index is 12.8. The van der Waals surface area contributed by atoms with Crippen LogP contribution in [0.25, 0.3) is 0 Å². The Morgan fingerprint density at radius 2 is 1.78 bits per heavy atom. The fraction of sp³-hybridized carbons (Fsp3) is 0.231. The first-order valence-corrected chi connectivity index (χ1v) is 10.5. The Morgan fingerprint density at radius 1 is 1.03 bits per heavy atom. The number of aliphatic hydroxyl groups excluding tert-OH is 1. The fourth-order valence-corrected chi connectivity index (χ4v) is 3.42. The molecular formula is C26H27N3O3. The molecule has 164 valence electrons. The van der Waals surface area contributed by atoms with Crippen LogP contribution in [0.2, 0.25) is 0 Å². The SMILES string of the molecule is COc1cccc(CNC[C@@H](O)[C@H](Cc2ccccc2)NC(=O)c2cccc(C#N)c2)c1. The fourth-order valence-electron chi connectivity index (χ4n) is 3.42. The molecule has 3 aromatic carbocycles. The van der Waals surface area contributed by atoms with Crippen LogP contribution in [0.5, 0.6) is 5.75 Å². The molecule has 6 heteroatoms. The number of ether oxygens (including phenoxy) is 1. The van der Waals surface area contributed by atoms with Gasteiger partial charge in [0.1, 0.15) is 5.75 Å². The second-order valence-corrected chi connectivity index (χ2v) is 7.51. The number of carbonyl (C=O) groups excluding carboxylic acids is 1. The Labute approximate surface area is 188 Å². The number of benzene rings is 3. The van der Waals surface area contributed by atoms with Gasteiger partial charge in [-0.3, -0.25) is 4.79 Å². The lowest BCUT2D eigenvalue weighted by Gasteiger charge is -2.25. The minimum Gasteiger partial charge on any atom is -0.497 e. The van der Waals surface area contributed by atoms with Crippen LogP contribution in [0, 0.1) is 11.3 Å². The molecule has 2 atom stereocenters. The monoisotopic (exact) mass is 429 g/mol. The second-order valence-electron chi connectivity index (χ2n) is 7.51. The molecule has 32 heavy (non-hydrogen) atoms. The van der Waals surface area contributed by atoms with Crippen molar-refractivity contribution in [1.29, 1.82) is 5.26 Å². The van der Waals surface area contributed by atoms with Gasteiger partial charge in [0.15, 0.2) is 0 Å². The average molecular weight is 430 g/mol. The van der Waals surface area contributed by atoms with Crippen molar-refractivity contribution in [1.82, 2.24) is 10.6 Å². The highest BCUT2D eigenvalue weighted by Gasteiger charge is 2.22. The van der Waals surface area contributed by atoms with Crippen molar-refractivity contribution in [3.8, 4) is 11.8 Å². The molecule has 0 spiro atoms. The Morgan fingerprint density at radius 3 is 2.53 bits per heavy atom. The number of aliphatic hydroxyl groups is 1. The van der Waals surface area contributed by atoms with Gasteiger partial charge in [-0.15, -0.1) is 0 Å². The molecule has 0 radical (unpaired) electrons. The van der Waals surface area contributed by atoms with Gasteiger partial charge in [-0.2, -0.15) is 5.26 Å². The number of hydrogen-bond donors (Lipinski definition) is 3. The summed E-state index contributed by atoms with van der Waals surface area (Å²) in [6.07, 6.45) is -0.337. The smallest absolute Gasteiger partial charge is 0.251 e. The first kappa shape index (κ1) is 23.0. The van der Waals surface area contributed by atoms with Crippen molar-refractivity contribution >= 4 is 5.91 Å². The van der Waals surface area contributed by atoms with Gasteiger partial charge in [-0.05, 0) is 47.9 Å². The molecule has 0 saturated heterocycles. The molecule has 3 N–H and O–H groups in total. The van der Waals surface area contributed by atoms with Crippen LogP contribution in [-0.2, 0) is 13.0 Å². The number of methoxy groups -OCH3 is 1. The number of nitrogens with one attached hydrogen (secondary N) is 2. The minimum absolute atomic E-state index is 0.299. The third kappa shape index (κ3) is 6.67. The highest BCUT2D eigenvalue weighted by molar-refractivity contribution is 5.94. The summed E-state index contributed by atoms with van der Waals surface area (Å²) in [5.41, 5.74) is 2.85. The van der Waals surface area contributed by atoms with E-state index in [1.807, 2.05) is 60.7 Å². The van der Waals surface area contributed by atoms with Gasteiger partial charge in [-0.25, -0.2) is 0 Å². The molecule has 6 nitrogen and oxygen atoms in total. The lowest BCUT2D eigenvalue weighted by Crippen LogP contribution is -2.48. The summed E-state index contributed by atoms with van der Waals surface area (Å²) in [6, 6.07) is 25.5. The third-order valence-corrected chi connectivity index (χ3v) is 5.15. The summed E-state index contributed by atoms with van der Waals surface area (Å²) in [4.78, 5) is 12.8. The summed E-state index contributed by atoms with van der Waals surface area (Å²) in [7, 11) is 1.62. The van der Waals surface area contributed by atoms with Gasteiger partial charge in [0.25, 0.3) is 5.91 Å². The molecule has 0 aliphatic rings. The Kier molecular flexibility index (Phi) is 8.38. The molecule has 0 aromatic heterocycles. The zero-order valence-electron chi connectivity index (χ0n) is 18.0. The first-order valence-electron chi connectivity index (χ1n) is 10.5. The Bertz CT molecular complexity index is 1060. The standard InChI is InChI=1S/C26H27N3O3/c1-32-23-12-6-10-21(14-23)17-28-18-25(30)24(15-19-7-3-2-4-8-19)29-26(31)22-11-5-9-20(13-22)16-27/h2-14,24-25,28,30H,15,17-18H2,1H3,(H,29,31)/t24-,25+/m0/s1. The van der Waals surface area contributed by atoms with E-state index < -0.39 is 12.1 Å². The van der Waals surface area contributed by atoms with Crippen molar-refractivity contribution < 1.29 is 14.6 Å². The summed E-state index contributed by atoms with van der Waals surface area (Å²) in [6.45, 7) is 0.859. The third-order valence-electron chi connectivity index (χ3n) is 5.15. The lowest BCUT2D eigenvalue weighted by molar-refractivity contribution is 0.0830. The van der Waals surface area contributed by atoms with E-state index in [0.29, 0.717) is 30.6 Å². The van der Waals surface area contributed by atoms with E-state index in [9.17, 15) is 9.90 Å². The van der Waals surface area contributed by atoms with Gasteiger partial charge in [0.2, 0.25) is 0 Å². The van der Waals surface area contributed by atoms with Crippen LogP contribution in [0.3, 0.4) is 0 Å². The highest BCUT2D eigenvalue weighted by Crippen LogP contribution is 2.13. The average Bonchev–Trinajstić information content (AvgIpc) is 2.84. The van der Waals surface area contributed by atoms with E-state index in [1.54, 1.807) is 31.4 Å². The zero-order chi connectivity index (χ0) is 22.8. The van der Waals surface area contributed by atoms with Gasteiger partial charge in [-0.1, -0.05) is 48.5 Å². The quantitative estimate of drug-likeness (QED) is 0.461. The molecule has 1 amide bonds. The van der Waals surface area contributed by atoms with E-state index in [1.165, 1.54) is 0 Å². The van der Waals surface area contributed by atoms with Gasteiger partial charge in [0.05, 0.1) is 30.9 Å². The summed E-state index contributed by atoms with van der Waals surface area (Å²) in [5.74, 6) is 0.452.